The molecular formula is C18H20FN3O2. The van der Waals surface area contributed by atoms with E-state index in [-0.39, 0.29) is 17.8 Å². The number of carbonyl (C=O) groups excluding carboxylic acids is 1. The highest BCUT2D eigenvalue weighted by molar-refractivity contribution is 5.93. The molecule has 1 saturated heterocycles. The van der Waals surface area contributed by atoms with Crippen molar-refractivity contribution in [3.8, 4) is 0 Å². The predicted octanol–water partition coefficient (Wildman–Crippen LogP) is 2.15. The van der Waals surface area contributed by atoms with Crippen molar-refractivity contribution in [1.29, 1.82) is 0 Å². The number of carbonyl (C=O) groups is 1. The van der Waals surface area contributed by atoms with Crippen molar-refractivity contribution in [3.05, 3.63) is 65.2 Å². The number of nitrogens with one attached hydrogen (secondary N) is 1. The summed E-state index contributed by atoms with van der Waals surface area (Å²) in [7, 11) is 1.59. The van der Waals surface area contributed by atoms with Crippen molar-refractivity contribution in [2.75, 3.05) is 26.7 Å². The molecule has 1 aliphatic heterocycles. The van der Waals surface area contributed by atoms with Gasteiger partial charge >= 0.3 is 0 Å². The molecule has 5 nitrogen and oxygen atoms in total. The fourth-order valence-electron chi connectivity index (χ4n) is 2.75. The normalized spacial score (nSPS) is 18.3. The number of nitrogens with zero attached hydrogens (tertiary/aromatic N) is 2. The Kier molecular flexibility index (Phi) is 5.17. The molecule has 3 rings (SSSR count). The third-order valence-electron chi connectivity index (χ3n) is 4.08. The molecule has 0 saturated carbocycles. The van der Waals surface area contributed by atoms with E-state index in [2.05, 4.69) is 15.2 Å². The smallest absolute Gasteiger partial charge is 0.252 e. The lowest BCUT2D eigenvalue weighted by molar-refractivity contribution is -0.0350. The molecule has 0 spiro atoms. The maximum Gasteiger partial charge on any atom is 0.252 e. The summed E-state index contributed by atoms with van der Waals surface area (Å²) in [4.78, 5) is 18.2. The fraction of sp³-hybridized carbons (Fsp3) is 0.333. The van der Waals surface area contributed by atoms with Crippen molar-refractivity contribution in [3.63, 3.8) is 0 Å². The first-order valence-corrected chi connectivity index (χ1v) is 7.92. The molecular weight excluding hydrogens is 309 g/mol. The van der Waals surface area contributed by atoms with E-state index in [0.29, 0.717) is 18.7 Å². The number of hydrogen-bond donors (Lipinski definition) is 1. The predicted molar refractivity (Wildman–Crippen MR) is 88.0 cm³/mol. The summed E-state index contributed by atoms with van der Waals surface area (Å²) in [5.74, 6) is -0.379. The van der Waals surface area contributed by atoms with Gasteiger partial charge in [0.05, 0.1) is 17.9 Å². The van der Waals surface area contributed by atoms with Gasteiger partial charge in [-0.25, -0.2) is 4.39 Å². The third-order valence-corrected chi connectivity index (χ3v) is 4.08. The van der Waals surface area contributed by atoms with Crippen molar-refractivity contribution in [2.45, 2.75) is 12.6 Å². The second kappa shape index (κ2) is 7.51. The number of aromatic nitrogens is 1. The lowest BCUT2D eigenvalue weighted by Crippen LogP contribution is -2.38. The quantitative estimate of drug-likeness (QED) is 0.934. The molecule has 2 heterocycles. The van der Waals surface area contributed by atoms with Crippen LogP contribution in [0, 0.1) is 5.82 Å². The standard InChI is InChI=1S/C18H20FN3O2/c1-20-18(23)14-4-7-16(21-10-14)17-12-22(8-9-24-17)11-13-2-5-15(19)6-3-13/h2-7,10,17H,8-9,11-12H2,1H3,(H,20,23)/t17-/m0/s1. The molecule has 0 unspecified atom stereocenters. The van der Waals surface area contributed by atoms with Gasteiger partial charge in [-0.15, -0.1) is 0 Å². The number of rotatable bonds is 4. The lowest BCUT2D eigenvalue weighted by atomic mass is 10.1. The van der Waals surface area contributed by atoms with Crippen LogP contribution in [0.5, 0.6) is 0 Å². The van der Waals surface area contributed by atoms with Crippen molar-refractivity contribution >= 4 is 5.91 Å². The van der Waals surface area contributed by atoms with Gasteiger partial charge in [0.1, 0.15) is 11.9 Å². The molecule has 1 atom stereocenters. The fourth-order valence-corrected chi connectivity index (χ4v) is 2.75. The van der Waals surface area contributed by atoms with Gasteiger partial charge < -0.3 is 10.1 Å². The summed E-state index contributed by atoms with van der Waals surface area (Å²) >= 11 is 0. The molecule has 0 aliphatic carbocycles. The molecule has 1 aromatic carbocycles. The van der Waals surface area contributed by atoms with Crippen LogP contribution >= 0.6 is 0 Å². The molecule has 126 valence electrons. The zero-order valence-corrected chi connectivity index (χ0v) is 13.5. The number of pyridine rings is 1. The SMILES string of the molecule is CNC(=O)c1ccc([C@@H]2CN(Cc3ccc(F)cc3)CCO2)nc1. The van der Waals surface area contributed by atoms with E-state index in [1.165, 1.54) is 12.1 Å². The summed E-state index contributed by atoms with van der Waals surface area (Å²) in [5.41, 5.74) is 2.41. The van der Waals surface area contributed by atoms with Gasteiger partial charge in [-0.1, -0.05) is 12.1 Å². The first-order chi connectivity index (χ1) is 11.7. The van der Waals surface area contributed by atoms with Crippen LogP contribution in [0.4, 0.5) is 4.39 Å². The number of hydrogen-bond acceptors (Lipinski definition) is 4. The minimum Gasteiger partial charge on any atom is -0.369 e. The largest absolute Gasteiger partial charge is 0.369 e. The average Bonchev–Trinajstić information content (AvgIpc) is 2.63. The average molecular weight is 329 g/mol. The van der Waals surface area contributed by atoms with Gasteiger partial charge in [0.15, 0.2) is 0 Å². The maximum atomic E-state index is 13.0. The molecule has 0 bridgehead atoms. The Morgan fingerprint density at radius 2 is 2.12 bits per heavy atom. The minimum absolute atomic E-state index is 0.127. The number of ether oxygens (including phenoxy) is 1. The molecule has 1 aromatic heterocycles. The number of amides is 1. The Bertz CT molecular complexity index is 688. The van der Waals surface area contributed by atoms with Gasteiger partial charge in [0, 0.05) is 32.9 Å². The Morgan fingerprint density at radius 1 is 1.33 bits per heavy atom. The van der Waals surface area contributed by atoms with Crippen LogP contribution in [0.25, 0.3) is 0 Å². The van der Waals surface area contributed by atoms with E-state index in [1.807, 2.05) is 6.07 Å². The van der Waals surface area contributed by atoms with Crippen molar-refractivity contribution < 1.29 is 13.9 Å². The van der Waals surface area contributed by atoms with E-state index in [9.17, 15) is 9.18 Å². The van der Waals surface area contributed by atoms with Crippen LogP contribution in [-0.2, 0) is 11.3 Å². The molecule has 1 amide bonds. The molecule has 1 N–H and O–H groups in total. The van der Waals surface area contributed by atoms with Crippen molar-refractivity contribution in [2.24, 2.45) is 0 Å². The number of benzene rings is 1. The number of halogens is 1. The van der Waals surface area contributed by atoms with E-state index in [4.69, 9.17) is 4.74 Å². The second-order valence-corrected chi connectivity index (χ2v) is 5.77. The van der Waals surface area contributed by atoms with Gasteiger partial charge in [0.25, 0.3) is 5.91 Å². The summed E-state index contributed by atoms with van der Waals surface area (Å²) < 4.78 is 18.8. The highest BCUT2D eigenvalue weighted by atomic mass is 19.1. The minimum atomic E-state index is -0.223. The van der Waals surface area contributed by atoms with Crippen LogP contribution in [0.15, 0.2) is 42.6 Å². The van der Waals surface area contributed by atoms with Crippen LogP contribution < -0.4 is 5.32 Å². The highest BCUT2D eigenvalue weighted by Gasteiger charge is 2.23. The lowest BCUT2D eigenvalue weighted by Gasteiger charge is -2.32. The van der Waals surface area contributed by atoms with E-state index >= 15 is 0 Å². The topological polar surface area (TPSA) is 54.5 Å². The molecule has 1 aliphatic rings. The van der Waals surface area contributed by atoms with Crippen molar-refractivity contribution in [1.82, 2.24) is 15.2 Å². The zero-order valence-electron chi connectivity index (χ0n) is 13.5. The Hall–Kier alpha value is -2.31. The van der Waals surface area contributed by atoms with Gasteiger partial charge in [0.2, 0.25) is 0 Å². The van der Waals surface area contributed by atoms with E-state index < -0.39 is 0 Å². The van der Waals surface area contributed by atoms with Crippen LogP contribution in [0.2, 0.25) is 0 Å². The first kappa shape index (κ1) is 16.5. The van der Waals surface area contributed by atoms with Gasteiger partial charge in [-0.05, 0) is 29.8 Å². The van der Waals surface area contributed by atoms with E-state index in [1.54, 1.807) is 31.4 Å². The molecule has 6 heteroatoms. The van der Waals surface area contributed by atoms with Crippen LogP contribution in [-0.4, -0.2) is 42.5 Å². The summed E-state index contributed by atoms with van der Waals surface area (Å²) in [6.07, 6.45) is 1.44. The summed E-state index contributed by atoms with van der Waals surface area (Å²) in [6.45, 7) is 2.90. The first-order valence-electron chi connectivity index (χ1n) is 7.92. The Morgan fingerprint density at radius 3 is 2.79 bits per heavy atom. The maximum absolute atomic E-state index is 13.0. The molecule has 1 fully saturated rings. The third kappa shape index (κ3) is 3.96. The van der Waals surface area contributed by atoms with Gasteiger partial charge in [-0.3, -0.25) is 14.7 Å². The monoisotopic (exact) mass is 329 g/mol. The highest BCUT2D eigenvalue weighted by Crippen LogP contribution is 2.22. The van der Waals surface area contributed by atoms with Gasteiger partial charge in [-0.2, -0.15) is 0 Å². The summed E-state index contributed by atoms with van der Waals surface area (Å²) in [5, 5.41) is 2.57. The molecule has 2 aromatic rings. The Labute approximate surface area is 140 Å². The molecule has 24 heavy (non-hydrogen) atoms. The molecule has 0 radical (unpaired) electrons. The number of morpholine rings is 1. The van der Waals surface area contributed by atoms with Crippen LogP contribution in [0.1, 0.15) is 27.7 Å². The van der Waals surface area contributed by atoms with E-state index in [0.717, 1.165) is 24.3 Å². The Balaban J connectivity index is 1.64. The zero-order chi connectivity index (χ0) is 16.9. The second-order valence-electron chi connectivity index (χ2n) is 5.77. The van der Waals surface area contributed by atoms with Crippen LogP contribution in [0.3, 0.4) is 0 Å². The summed E-state index contributed by atoms with van der Waals surface area (Å²) in [6, 6.07) is 10.1.